The summed E-state index contributed by atoms with van der Waals surface area (Å²) >= 11 is 0. The van der Waals surface area contributed by atoms with Gasteiger partial charge in [-0.25, -0.2) is 0 Å². The average molecular weight is 518 g/mol. The molecule has 1 fully saturated rings. The number of primary amides is 1. The maximum atomic E-state index is 12.7. The zero-order valence-corrected chi connectivity index (χ0v) is 20.4. The first kappa shape index (κ1) is 31.2. The summed E-state index contributed by atoms with van der Waals surface area (Å²) in [6, 6.07) is -5.54. The van der Waals surface area contributed by atoms with Crippen molar-refractivity contribution in [3.63, 3.8) is 0 Å². The number of hydrogen-bond acceptors (Lipinski definition) is 10. The van der Waals surface area contributed by atoms with Gasteiger partial charge < -0.3 is 53.4 Å². The fourth-order valence-corrected chi connectivity index (χ4v) is 3.41. The molecule has 1 rings (SSSR count). The lowest BCUT2D eigenvalue weighted by molar-refractivity contribution is -0.133. The number of carbonyl (C=O) groups is 5. The maximum Gasteiger partial charge on any atom is 0.245 e. The molecule has 1 aliphatic heterocycles. The molecule has 0 bridgehead atoms. The summed E-state index contributed by atoms with van der Waals surface area (Å²) < 4.78 is 0. The normalized spacial score (nSPS) is 27.3. The Hall–Kier alpha value is -2.85. The lowest BCUT2D eigenvalue weighted by Crippen LogP contribution is -2.59. The van der Waals surface area contributed by atoms with Crippen molar-refractivity contribution in [3.05, 3.63) is 0 Å². The number of rotatable bonds is 6. The van der Waals surface area contributed by atoms with Gasteiger partial charge in [-0.1, -0.05) is 0 Å². The molecule has 5 amide bonds. The molecule has 0 spiro atoms. The summed E-state index contributed by atoms with van der Waals surface area (Å²) in [6.07, 6.45) is -0.0576. The average Bonchev–Trinajstić information content (AvgIpc) is 2.83. The summed E-state index contributed by atoms with van der Waals surface area (Å²) in [7, 11) is 0. The number of aliphatic hydroxyl groups excluding tert-OH is 3. The molecule has 206 valence electrons. The number of nitrogens with two attached hydrogens (primary N) is 2. The van der Waals surface area contributed by atoms with Crippen LogP contribution in [0.4, 0.5) is 0 Å². The molecule has 0 saturated carbocycles. The lowest BCUT2D eigenvalue weighted by Gasteiger charge is -2.27. The molecule has 36 heavy (non-hydrogen) atoms. The smallest absolute Gasteiger partial charge is 0.245 e. The molecule has 0 aromatic heterocycles. The van der Waals surface area contributed by atoms with Crippen LogP contribution in [0.2, 0.25) is 0 Å². The second-order valence-corrected chi connectivity index (χ2v) is 8.71. The number of nitrogens with one attached hydrogen (secondary N) is 5. The van der Waals surface area contributed by atoms with Crippen LogP contribution in [-0.4, -0.2) is 107 Å². The first-order valence-electron chi connectivity index (χ1n) is 11.9. The van der Waals surface area contributed by atoms with Crippen LogP contribution < -0.4 is 38.1 Å². The quantitative estimate of drug-likeness (QED) is 0.160. The standard InChI is InChI=1S/C21H39N7O8/c1-11(31)17-21(36)26-12(9-29)8-25-14(20(35)27-15(10-30)18(23)33)4-2-3-7-24-16(32)6-5-13(22)19(34)28-17/h11-15,17,25,29-31H,2-10,22H2,1H3,(H2,23,33)(H,24,32)(H,26,36)(H,27,35)(H,28,34). The third-order valence-electron chi connectivity index (χ3n) is 5.66. The Bertz CT molecular complexity index is 767. The largest absolute Gasteiger partial charge is 0.394 e. The summed E-state index contributed by atoms with van der Waals surface area (Å²) in [5, 5.41) is 41.8. The topological polar surface area (TPSA) is 258 Å². The van der Waals surface area contributed by atoms with Gasteiger partial charge in [-0.3, -0.25) is 24.0 Å². The summed E-state index contributed by atoms with van der Waals surface area (Å²) in [4.78, 5) is 61.2. The van der Waals surface area contributed by atoms with Crippen molar-refractivity contribution in [2.45, 2.75) is 75.3 Å². The van der Waals surface area contributed by atoms with Crippen LogP contribution >= 0.6 is 0 Å². The Morgan fingerprint density at radius 2 is 1.81 bits per heavy atom. The highest BCUT2D eigenvalue weighted by molar-refractivity contribution is 5.91. The zero-order valence-electron chi connectivity index (χ0n) is 20.4. The summed E-state index contributed by atoms with van der Waals surface area (Å²) in [6.45, 7) is 0.301. The Balaban J connectivity index is 3.04. The molecule has 6 atom stereocenters. The Morgan fingerprint density at radius 1 is 1.11 bits per heavy atom. The highest BCUT2D eigenvalue weighted by Gasteiger charge is 2.30. The van der Waals surface area contributed by atoms with Crippen LogP contribution in [0.25, 0.3) is 0 Å². The van der Waals surface area contributed by atoms with Crippen LogP contribution in [0.5, 0.6) is 0 Å². The van der Waals surface area contributed by atoms with E-state index in [1.165, 1.54) is 6.92 Å². The minimum absolute atomic E-state index is 0.0170. The van der Waals surface area contributed by atoms with Crippen LogP contribution in [0.1, 0.15) is 39.0 Å². The number of amides is 5. The van der Waals surface area contributed by atoms with E-state index >= 15 is 0 Å². The van der Waals surface area contributed by atoms with Crippen molar-refractivity contribution in [2.24, 2.45) is 11.5 Å². The van der Waals surface area contributed by atoms with Gasteiger partial charge in [0, 0.05) is 19.5 Å². The molecule has 1 aliphatic rings. The minimum Gasteiger partial charge on any atom is -0.394 e. The Labute approximate surface area is 209 Å². The van der Waals surface area contributed by atoms with Crippen LogP contribution in [0.3, 0.4) is 0 Å². The molecule has 12 N–H and O–H groups in total. The van der Waals surface area contributed by atoms with Crippen molar-refractivity contribution in [2.75, 3.05) is 26.3 Å². The molecular formula is C21H39N7O8. The monoisotopic (exact) mass is 517 g/mol. The minimum atomic E-state index is -1.38. The maximum absolute atomic E-state index is 12.7. The fraction of sp³-hybridized carbons (Fsp3) is 0.762. The van der Waals surface area contributed by atoms with E-state index in [9.17, 15) is 39.3 Å². The molecule has 0 aliphatic carbocycles. The zero-order chi connectivity index (χ0) is 27.3. The molecule has 6 unspecified atom stereocenters. The number of carbonyl (C=O) groups excluding carboxylic acids is 5. The fourth-order valence-electron chi connectivity index (χ4n) is 3.41. The van der Waals surface area contributed by atoms with Crippen molar-refractivity contribution in [1.29, 1.82) is 0 Å². The van der Waals surface area contributed by atoms with Crippen LogP contribution in [-0.2, 0) is 24.0 Å². The van der Waals surface area contributed by atoms with Gasteiger partial charge in [0.15, 0.2) is 0 Å². The SMILES string of the molecule is CC(O)C1NC(=O)C(N)CCC(=O)NCCCCC(C(=O)NC(CO)C(N)=O)NCC(CO)NC1=O. The predicted molar refractivity (Wildman–Crippen MR) is 127 cm³/mol. The first-order chi connectivity index (χ1) is 17.0. The van der Waals surface area contributed by atoms with E-state index < -0.39 is 73.2 Å². The highest BCUT2D eigenvalue weighted by Crippen LogP contribution is 2.04. The van der Waals surface area contributed by atoms with Gasteiger partial charge in [0.2, 0.25) is 29.5 Å². The molecule has 15 heteroatoms. The van der Waals surface area contributed by atoms with E-state index in [0.717, 1.165) is 0 Å². The molecule has 0 aromatic carbocycles. The van der Waals surface area contributed by atoms with Crippen molar-refractivity contribution in [1.82, 2.24) is 26.6 Å². The Morgan fingerprint density at radius 3 is 2.39 bits per heavy atom. The third-order valence-corrected chi connectivity index (χ3v) is 5.66. The second kappa shape index (κ2) is 16.0. The van der Waals surface area contributed by atoms with Gasteiger partial charge in [0.1, 0.15) is 12.1 Å². The van der Waals surface area contributed by atoms with Crippen molar-refractivity contribution in [3.8, 4) is 0 Å². The van der Waals surface area contributed by atoms with Crippen molar-refractivity contribution >= 4 is 29.5 Å². The van der Waals surface area contributed by atoms with E-state index in [4.69, 9.17) is 11.5 Å². The number of hydrogen-bond donors (Lipinski definition) is 10. The van der Waals surface area contributed by atoms with Crippen LogP contribution in [0, 0.1) is 0 Å². The van der Waals surface area contributed by atoms with Gasteiger partial charge >= 0.3 is 0 Å². The highest BCUT2D eigenvalue weighted by atomic mass is 16.3. The van der Waals surface area contributed by atoms with Crippen LogP contribution in [0.15, 0.2) is 0 Å². The molecule has 0 radical (unpaired) electrons. The van der Waals surface area contributed by atoms with Gasteiger partial charge in [-0.05, 0) is 32.6 Å². The van der Waals surface area contributed by atoms with Gasteiger partial charge in [0.25, 0.3) is 0 Å². The molecule has 1 saturated heterocycles. The van der Waals surface area contributed by atoms with E-state index in [1.54, 1.807) is 0 Å². The lowest BCUT2D eigenvalue weighted by atomic mass is 10.1. The molecular weight excluding hydrogens is 478 g/mol. The summed E-state index contributed by atoms with van der Waals surface area (Å²) in [5.74, 6) is -3.39. The number of aliphatic hydroxyl groups is 3. The predicted octanol–water partition coefficient (Wildman–Crippen LogP) is -5.34. The molecule has 15 nitrogen and oxygen atoms in total. The molecule has 1 heterocycles. The molecule has 0 aromatic rings. The summed E-state index contributed by atoms with van der Waals surface area (Å²) in [5.41, 5.74) is 11.0. The van der Waals surface area contributed by atoms with Crippen molar-refractivity contribution < 1.29 is 39.3 Å². The van der Waals surface area contributed by atoms with E-state index in [1.807, 2.05) is 0 Å². The van der Waals surface area contributed by atoms with Gasteiger partial charge in [-0.2, -0.15) is 0 Å². The van der Waals surface area contributed by atoms with E-state index in [-0.39, 0.29) is 31.7 Å². The van der Waals surface area contributed by atoms with Gasteiger partial charge in [0.05, 0.1) is 37.4 Å². The first-order valence-corrected chi connectivity index (χ1v) is 11.9. The van der Waals surface area contributed by atoms with E-state index in [0.29, 0.717) is 19.4 Å². The third kappa shape index (κ3) is 10.8. The van der Waals surface area contributed by atoms with Gasteiger partial charge in [-0.15, -0.1) is 0 Å². The Kier molecular flexibility index (Phi) is 13.9. The van der Waals surface area contributed by atoms with E-state index in [2.05, 4.69) is 26.6 Å². The second-order valence-electron chi connectivity index (χ2n) is 8.71.